The Morgan fingerprint density at radius 2 is 1.00 bits per heavy atom. The number of hydrogen-bond acceptors (Lipinski definition) is 2. The van der Waals surface area contributed by atoms with Crippen molar-refractivity contribution >= 4 is 0 Å². The number of phenolic OH excluding ortho intramolecular Hbond substituents is 2. The van der Waals surface area contributed by atoms with E-state index < -0.39 is 0 Å². The van der Waals surface area contributed by atoms with Gasteiger partial charge < -0.3 is 10.2 Å². The Labute approximate surface area is 134 Å². The number of aryl methyl sites for hydroxylation is 2. The summed E-state index contributed by atoms with van der Waals surface area (Å²) in [4.78, 5) is 0. The maximum atomic E-state index is 9.22. The molecule has 120 valence electrons. The van der Waals surface area contributed by atoms with Crippen LogP contribution in [0.3, 0.4) is 0 Å². The molecule has 0 saturated carbocycles. The molecule has 0 spiro atoms. The Hall–Kier alpha value is -1.96. The van der Waals surface area contributed by atoms with Crippen LogP contribution >= 0.6 is 0 Å². The van der Waals surface area contributed by atoms with Crippen LogP contribution in [0.25, 0.3) is 0 Å². The third-order valence-electron chi connectivity index (χ3n) is 3.75. The maximum Gasteiger partial charge on any atom is 0.121 e. The zero-order chi connectivity index (χ0) is 16.9. The fraction of sp³-hybridized carbons (Fsp3) is 0.400. The first-order valence-corrected chi connectivity index (χ1v) is 7.81. The third-order valence-corrected chi connectivity index (χ3v) is 3.75. The van der Waals surface area contributed by atoms with Crippen LogP contribution in [-0.4, -0.2) is 10.2 Å². The third kappa shape index (κ3) is 5.10. The summed E-state index contributed by atoms with van der Waals surface area (Å²) in [6.07, 6.45) is 0. The Morgan fingerprint density at radius 3 is 1.27 bits per heavy atom. The number of aromatic hydroxyl groups is 2. The van der Waals surface area contributed by atoms with E-state index in [2.05, 4.69) is 52.0 Å². The molecule has 0 fully saturated rings. The van der Waals surface area contributed by atoms with Crippen molar-refractivity contribution in [2.75, 3.05) is 0 Å². The maximum absolute atomic E-state index is 9.22. The topological polar surface area (TPSA) is 40.5 Å². The molecule has 0 aromatic heterocycles. The second-order valence-corrected chi connectivity index (χ2v) is 6.40. The summed E-state index contributed by atoms with van der Waals surface area (Å²) in [7, 11) is 0. The lowest BCUT2D eigenvalue weighted by molar-refractivity contribution is 0.453. The first-order valence-electron chi connectivity index (χ1n) is 7.81. The van der Waals surface area contributed by atoms with Gasteiger partial charge in [0.2, 0.25) is 0 Å². The van der Waals surface area contributed by atoms with Gasteiger partial charge >= 0.3 is 0 Å². The van der Waals surface area contributed by atoms with Gasteiger partial charge in [-0.05, 0) is 60.1 Å². The molecule has 22 heavy (non-hydrogen) atoms. The standard InChI is InChI=1S/C12H18.C8H10O2/c1-9(2)11-5-7-12(8-6-11)10(3)4;1-5-3-7(9)4-6(2)8(5)10/h5-10H,1-4H3;3-4,9-10H,1-2H3. The van der Waals surface area contributed by atoms with Gasteiger partial charge in [-0.15, -0.1) is 0 Å². The van der Waals surface area contributed by atoms with Crippen LogP contribution in [0.1, 0.15) is 61.8 Å². The van der Waals surface area contributed by atoms with Gasteiger partial charge in [0.05, 0.1) is 0 Å². The van der Waals surface area contributed by atoms with Crippen molar-refractivity contribution in [2.24, 2.45) is 0 Å². The summed E-state index contributed by atoms with van der Waals surface area (Å²) in [5.41, 5.74) is 4.27. The molecule has 0 aliphatic carbocycles. The van der Waals surface area contributed by atoms with E-state index in [0.29, 0.717) is 23.0 Å². The lowest BCUT2D eigenvalue weighted by atomic mass is 9.97. The van der Waals surface area contributed by atoms with Crippen molar-refractivity contribution in [3.8, 4) is 11.5 Å². The van der Waals surface area contributed by atoms with Crippen molar-refractivity contribution in [1.29, 1.82) is 0 Å². The summed E-state index contributed by atoms with van der Waals surface area (Å²) in [6, 6.07) is 12.0. The largest absolute Gasteiger partial charge is 0.508 e. The minimum absolute atomic E-state index is 0.202. The second kappa shape index (κ2) is 7.88. The zero-order valence-electron chi connectivity index (χ0n) is 14.5. The lowest BCUT2D eigenvalue weighted by Crippen LogP contribution is -1.90. The molecule has 2 nitrogen and oxygen atoms in total. The molecular formula is C20H28O2. The molecule has 0 aliphatic rings. The Kier molecular flexibility index (Phi) is 6.48. The van der Waals surface area contributed by atoms with E-state index in [1.54, 1.807) is 13.8 Å². The van der Waals surface area contributed by atoms with Crippen molar-refractivity contribution < 1.29 is 10.2 Å². The van der Waals surface area contributed by atoms with Crippen LogP contribution in [-0.2, 0) is 0 Å². The highest BCUT2D eigenvalue weighted by Crippen LogP contribution is 2.25. The summed E-state index contributed by atoms with van der Waals surface area (Å²) >= 11 is 0. The van der Waals surface area contributed by atoms with E-state index >= 15 is 0 Å². The van der Waals surface area contributed by atoms with E-state index in [9.17, 15) is 5.11 Å². The Morgan fingerprint density at radius 1 is 0.682 bits per heavy atom. The van der Waals surface area contributed by atoms with Gasteiger partial charge in [0, 0.05) is 0 Å². The minimum atomic E-state index is 0.202. The van der Waals surface area contributed by atoms with Gasteiger partial charge in [0.1, 0.15) is 11.5 Å². The summed E-state index contributed by atoms with van der Waals surface area (Å²) in [5.74, 6) is 1.75. The van der Waals surface area contributed by atoms with E-state index in [1.165, 1.54) is 23.3 Å². The molecule has 0 radical (unpaired) electrons. The molecule has 2 rings (SSSR count). The molecule has 2 heteroatoms. The summed E-state index contributed by atoms with van der Waals surface area (Å²) in [6.45, 7) is 12.4. The summed E-state index contributed by atoms with van der Waals surface area (Å²) < 4.78 is 0. The lowest BCUT2D eigenvalue weighted by Gasteiger charge is -2.08. The monoisotopic (exact) mass is 300 g/mol. The zero-order valence-corrected chi connectivity index (χ0v) is 14.5. The van der Waals surface area contributed by atoms with Crippen LogP contribution < -0.4 is 0 Å². The molecule has 0 bridgehead atoms. The Balaban J connectivity index is 0.000000224. The first kappa shape index (κ1) is 18.1. The normalized spacial score (nSPS) is 10.5. The van der Waals surface area contributed by atoms with E-state index in [1.807, 2.05) is 0 Å². The number of rotatable bonds is 2. The van der Waals surface area contributed by atoms with Crippen molar-refractivity contribution in [2.45, 2.75) is 53.4 Å². The van der Waals surface area contributed by atoms with E-state index in [0.717, 1.165) is 0 Å². The highest BCUT2D eigenvalue weighted by Gasteiger charge is 2.01. The molecule has 0 saturated heterocycles. The molecule has 2 aromatic carbocycles. The first-order chi connectivity index (χ1) is 10.2. The van der Waals surface area contributed by atoms with Gasteiger partial charge in [-0.1, -0.05) is 52.0 Å². The molecule has 0 atom stereocenters. The average molecular weight is 300 g/mol. The fourth-order valence-corrected chi connectivity index (χ4v) is 2.20. The molecule has 2 aromatic rings. The Bertz CT molecular complexity index is 546. The van der Waals surface area contributed by atoms with Crippen molar-refractivity contribution in [3.05, 3.63) is 58.7 Å². The van der Waals surface area contributed by atoms with Crippen LogP contribution in [0.15, 0.2) is 36.4 Å². The molecule has 0 heterocycles. The molecule has 0 amide bonds. The van der Waals surface area contributed by atoms with Crippen LogP contribution in [0.2, 0.25) is 0 Å². The van der Waals surface area contributed by atoms with Gasteiger partial charge in [0.15, 0.2) is 0 Å². The van der Waals surface area contributed by atoms with Crippen LogP contribution in [0.4, 0.5) is 0 Å². The quantitative estimate of drug-likeness (QED) is 0.704. The van der Waals surface area contributed by atoms with Crippen LogP contribution in [0, 0.1) is 13.8 Å². The van der Waals surface area contributed by atoms with Gasteiger partial charge in [0.25, 0.3) is 0 Å². The SMILES string of the molecule is CC(C)c1ccc(C(C)C)cc1.Cc1cc(O)cc(C)c1O. The molecule has 2 N–H and O–H groups in total. The average Bonchev–Trinajstić information content (AvgIpc) is 2.45. The predicted molar refractivity (Wildman–Crippen MR) is 93.9 cm³/mol. The molecule has 0 unspecified atom stereocenters. The number of benzene rings is 2. The van der Waals surface area contributed by atoms with Crippen molar-refractivity contribution in [1.82, 2.24) is 0 Å². The predicted octanol–water partition coefficient (Wildman–Crippen LogP) is 5.65. The van der Waals surface area contributed by atoms with E-state index in [4.69, 9.17) is 5.11 Å². The smallest absolute Gasteiger partial charge is 0.121 e. The molecule has 0 aliphatic heterocycles. The highest BCUT2D eigenvalue weighted by atomic mass is 16.3. The second-order valence-electron chi connectivity index (χ2n) is 6.40. The fourth-order valence-electron chi connectivity index (χ4n) is 2.20. The van der Waals surface area contributed by atoms with Gasteiger partial charge in [-0.25, -0.2) is 0 Å². The van der Waals surface area contributed by atoms with Crippen molar-refractivity contribution in [3.63, 3.8) is 0 Å². The summed E-state index contributed by atoms with van der Waals surface area (Å²) in [5, 5.41) is 18.2. The number of hydrogen-bond donors (Lipinski definition) is 2. The number of phenols is 2. The highest BCUT2D eigenvalue weighted by molar-refractivity contribution is 5.44. The minimum Gasteiger partial charge on any atom is -0.508 e. The van der Waals surface area contributed by atoms with E-state index in [-0.39, 0.29) is 11.5 Å². The van der Waals surface area contributed by atoms with Gasteiger partial charge in [-0.2, -0.15) is 0 Å². The van der Waals surface area contributed by atoms with Gasteiger partial charge in [-0.3, -0.25) is 0 Å². The van der Waals surface area contributed by atoms with Crippen LogP contribution in [0.5, 0.6) is 11.5 Å². The molecular weight excluding hydrogens is 272 g/mol.